The predicted octanol–water partition coefficient (Wildman–Crippen LogP) is 2.45. The highest BCUT2D eigenvalue weighted by molar-refractivity contribution is 5.80. The summed E-state index contributed by atoms with van der Waals surface area (Å²) in [5, 5.41) is 12.3. The zero-order chi connectivity index (χ0) is 20.9. The normalized spacial score (nSPS) is 17.4. The molecular weight excluding hydrogens is 378 g/mol. The van der Waals surface area contributed by atoms with E-state index in [1.165, 1.54) is 0 Å². The standard InChI is InChI=1S/C22H29N7O/c1-4-23-22(28-11-12-30-21(16-28)19-14-25-27(3)15-19)24-13-18-7-5-6-8-20(18)29-10-9-17(2)26-29/h5-10,14-15,21H,4,11-13,16H2,1-3H3,(H,23,24). The van der Waals surface area contributed by atoms with Crippen molar-refractivity contribution in [2.24, 2.45) is 12.0 Å². The number of hydrogen-bond donors (Lipinski definition) is 1. The van der Waals surface area contributed by atoms with Crippen molar-refractivity contribution < 1.29 is 4.74 Å². The molecule has 8 nitrogen and oxygen atoms in total. The van der Waals surface area contributed by atoms with Crippen molar-refractivity contribution in [3.63, 3.8) is 0 Å². The quantitative estimate of drug-likeness (QED) is 0.520. The van der Waals surface area contributed by atoms with Crippen molar-refractivity contribution >= 4 is 5.96 Å². The van der Waals surface area contributed by atoms with Gasteiger partial charge in [0.2, 0.25) is 0 Å². The molecule has 158 valence electrons. The Labute approximate surface area is 177 Å². The Bertz CT molecular complexity index is 1010. The van der Waals surface area contributed by atoms with E-state index < -0.39 is 0 Å². The van der Waals surface area contributed by atoms with E-state index in [-0.39, 0.29) is 6.10 Å². The first-order valence-corrected chi connectivity index (χ1v) is 10.4. The Kier molecular flexibility index (Phi) is 6.13. The molecule has 0 radical (unpaired) electrons. The Morgan fingerprint density at radius 3 is 2.90 bits per heavy atom. The highest BCUT2D eigenvalue weighted by Gasteiger charge is 2.25. The number of guanidine groups is 1. The lowest BCUT2D eigenvalue weighted by molar-refractivity contribution is -0.00805. The van der Waals surface area contributed by atoms with Crippen LogP contribution in [0.15, 0.2) is 53.9 Å². The molecule has 1 aliphatic rings. The van der Waals surface area contributed by atoms with Gasteiger partial charge in [-0.2, -0.15) is 10.2 Å². The molecule has 30 heavy (non-hydrogen) atoms. The smallest absolute Gasteiger partial charge is 0.194 e. The van der Waals surface area contributed by atoms with E-state index in [1.54, 1.807) is 0 Å². The molecule has 0 saturated carbocycles. The fourth-order valence-electron chi connectivity index (χ4n) is 3.65. The Morgan fingerprint density at radius 2 is 2.17 bits per heavy atom. The van der Waals surface area contributed by atoms with E-state index >= 15 is 0 Å². The number of aryl methyl sites for hydroxylation is 2. The lowest BCUT2D eigenvalue weighted by Crippen LogP contribution is -2.48. The third-order valence-electron chi connectivity index (χ3n) is 5.16. The second kappa shape index (κ2) is 9.13. The Balaban J connectivity index is 1.53. The van der Waals surface area contributed by atoms with Crippen LogP contribution in [0.2, 0.25) is 0 Å². The van der Waals surface area contributed by atoms with Gasteiger partial charge in [0.1, 0.15) is 6.10 Å². The average molecular weight is 408 g/mol. The molecular formula is C22H29N7O. The van der Waals surface area contributed by atoms with Crippen molar-refractivity contribution in [1.82, 2.24) is 29.8 Å². The minimum atomic E-state index is -0.00404. The van der Waals surface area contributed by atoms with Crippen LogP contribution in [-0.4, -0.2) is 56.7 Å². The summed E-state index contributed by atoms with van der Waals surface area (Å²) in [5.74, 6) is 0.904. The maximum Gasteiger partial charge on any atom is 0.194 e. The van der Waals surface area contributed by atoms with Gasteiger partial charge < -0.3 is 15.0 Å². The molecule has 0 aliphatic carbocycles. The topological polar surface area (TPSA) is 72.5 Å². The van der Waals surface area contributed by atoms with Gasteiger partial charge in [-0.1, -0.05) is 18.2 Å². The van der Waals surface area contributed by atoms with E-state index in [1.807, 2.05) is 60.1 Å². The zero-order valence-corrected chi connectivity index (χ0v) is 17.8. The van der Waals surface area contributed by atoms with Crippen molar-refractivity contribution in [1.29, 1.82) is 0 Å². The van der Waals surface area contributed by atoms with Gasteiger partial charge in [0.15, 0.2) is 5.96 Å². The van der Waals surface area contributed by atoms with Crippen LogP contribution in [0, 0.1) is 6.92 Å². The van der Waals surface area contributed by atoms with Crippen molar-refractivity contribution in [2.45, 2.75) is 26.5 Å². The van der Waals surface area contributed by atoms with Crippen LogP contribution >= 0.6 is 0 Å². The summed E-state index contributed by atoms with van der Waals surface area (Å²) in [5.41, 5.74) is 4.28. The highest BCUT2D eigenvalue weighted by atomic mass is 16.5. The van der Waals surface area contributed by atoms with Crippen LogP contribution in [0.5, 0.6) is 0 Å². The molecule has 1 unspecified atom stereocenters. The fourth-order valence-corrected chi connectivity index (χ4v) is 3.65. The van der Waals surface area contributed by atoms with Crippen LogP contribution in [0.3, 0.4) is 0 Å². The van der Waals surface area contributed by atoms with Crippen molar-refractivity contribution in [3.8, 4) is 5.69 Å². The lowest BCUT2D eigenvalue weighted by atomic mass is 10.1. The van der Waals surface area contributed by atoms with Crippen LogP contribution in [0.1, 0.15) is 29.8 Å². The maximum absolute atomic E-state index is 5.99. The van der Waals surface area contributed by atoms with Crippen LogP contribution in [0.4, 0.5) is 0 Å². The minimum Gasteiger partial charge on any atom is -0.370 e. The monoisotopic (exact) mass is 407 g/mol. The summed E-state index contributed by atoms with van der Waals surface area (Å²) in [6.07, 6.45) is 5.88. The van der Waals surface area contributed by atoms with Gasteiger partial charge in [0, 0.05) is 38.1 Å². The summed E-state index contributed by atoms with van der Waals surface area (Å²) >= 11 is 0. The molecule has 1 saturated heterocycles. The molecule has 0 bridgehead atoms. The number of nitrogens with one attached hydrogen (secondary N) is 1. The maximum atomic E-state index is 5.99. The third-order valence-corrected chi connectivity index (χ3v) is 5.16. The number of rotatable bonds is 5. The predicted molar refractivity (Wildman–Crippen MR) is 117 cm³/mol. The number of hydrogen-bond acceptors (Lipinski definition) is 4. The molecule has 1 N–H and O–H groups in total. The second-order valence-corrected chi connectivity index (χ2v) is 7.45. The lowest BCUT2D eigenvalue weighted by Gasteiger charge is -2.34. The number of aliphatic imine (C=N–C) groups is 1. The summed E-state index contributed by atoms with van der Waals surface area (Å²) < 4.78 is 9.72. The summed E-state index contributed by atoms with van der Waals surface area (Å²) in [4.78, 5) is 7.22. The number of aromatic nitrogens is 4. The molecule has 4 rings (SSSR count). The number of ether oxygens (including phenoxy) is 1. The van der Waals surface area contributed by atoms with Gasteiger partial charge in [-0.05, 0) is 31.5 Å². The summed E-state index contributed by atoms with van der Waals surface area (Å²) in [6.45, 7) is 7.69. The van der Waals surface area contributed by atoms with Crippen LogP contribution < -0.4 is 5.32 Å². The number of para-hydroxylation sites is 1. The van der Waals surface area contributed by atoms with E-state index in [2.05, 4.69) is 39.5 Å². The highest BCUT2D eigenvalue weighted by Crippen LogP contribution is 2.22. The van der Waals surface area contributed by atoms with Gasteiger partial charge in [-0.15, -0.1) is 0 Å². The average Bonchev–Trinajstić information content (AvgIpc) is 3.40. The molecule has 2 aromatic heterocycles. The molecule has 1 aliphatic heterocycles. The van der Waals surface area contributed by atoms with Gasteiger partial charge in [0.25, 0.3) is 0 Å². The molecule has 0 amide bonds. The molecule has 1 atom stereocenters. The van der Waals surface area contributed by atoms with E-state index in [9.17, 15) is 0 Å². The first-order valence-electron chi connectivity index (χ1n) is 10.4. The Hall–Kier alpha value is -3.13. The van der Waals surface area contributed by atoms with Crippen LogP contribution in [-0.2, 0) is 18.3 Å². The minimum absolute atomic E-state index is 0.00404. The molecule has 1 fully saturated rings. The molecule has 3 aromatic rings. The first kappa shape index (κ1) is 20.2. The van der Waals surface area contributed by atoms with Gasteiger partial charge in [0.05, 0.1) is 37.3 Å². The van der Waals surface area contributed by atoms with E-state index in [4.69, 9.17) is 9.73 Å². The van der Waals surface area contributed by atoms with Crippen molar-refractivity contribution in [2.75, 3.05) is 26.2 Å². The largest absolute Gasteiger partial charge is 0.370 e. The number of benzene rings is 1. The van der Waals surface area contributed by atoms with E-state index in [0.29, 0.717) is 13.2 Å². The van der Waals surface area contributed by atoms with E-state index in [0.717, 1.165) is 48.1 Å². The molecule has 3 heterocycles. The summed E-state index contributed by atoms with van der Waals surface area (Å²) in [6, 6.07) is 10.3. The molecule has 0 spiro atoms. The fraction of sp³-hybridized carbons (Fsp3) is 0.409. The first-order chi connectivity index (χ1) is 14.6. The van der Waals surface area contributed by atoms with Gasteiger partial charge in [-0.25, -0.2) is 9.67 Å². The SMILES string of the molecule is CCNC(=NCc1ccccc1-n1ccc(C)n1)N1CCOC(c2cnn(C)c2)C1. The van der Waals surface area contributed by atoms with Gasteiger partial charge >= 0.3 is 0 Å². The van der Waals surface area contributed by atoms with Gasteiger partial charge in [-0.3, -0.25) is 4.68 Å². The summed E-state index contributed by atoms with van der Waals surface area (Å²) in [7, 11) is 1.92. The Morgan fingerprint density at radius 1 is 1.30 bits per heavy atom. The van der Waals surface area contributed by atoms with Crippen molar-refractivity contribution in [3.05, 3.63) is 65.7 Å². The third kappa shape index (κ3) is 4.54. The number of nitrogens with zero attached hydrogens (tertiary/aromatic N) is 6. The second-order valence-electron chi connectivity index (χ2n) is 7.45. The van der Waals surface area contributed by atoms with Crippen LogP contribution in [0.25, 0.3) is 5.69 Å². The molecule has 8 heteroatoms. The zero-order valence-electron chi connectivity index (χ0n) is 17.8. The molecule has 1 aromatic carbocycles. The number of morpholine rings is 1.